The molecule has 1 heteroatoms. The molecule has 1 heterocycles. The van der Waals surface area contributed by atoms with E-state index in [-0.39, 0.29) is 0 Å². The van der Waals surface area contributed by atoms with Crippen molar-refractivity contribution in [2.24, 2.45) is 0 Å². The second-order valence-corrected chi connectivity index (χ2v) is 12.9. The minimum Gasteiger partial charge on any atom is -0.309 e. The first-order chi connectivity index (χ1) is 24.3. The maximum Gasteiger partial charge on any atom is 0.0547 e. The van der Waals surface area contributed by atoms with Gasteiger partial charge in [-0.25, -0.2) is 0 Å². The molecule has 0 bridgehead atoms. The molecule has 0 amide bonds. The van der Waals surface area contributed by atoms with Crippen LogP contribution in [0, 0.1) is 0 Å². The van der Waals surface area contributed by atoms with E-state index in [0.717, 1.165) is 0 Å². The molecule has 9 aromatic carbocycles. The first kappa shape index (κ1) is 27.7. The highest BCUT2D eigenvalue weighted by Crippen LogP contribution is 2.45. The zero-order valence-electron chi connectivity index (χ0n) is 26.8. The van der Waals surface area contributed by atoms with E-state index in [1.165, 1.54) is 93.2 Å². The molecule has 0 atom stereocenters. The molecule has 1 aromatic heterocycles. The molecule has 0 N–H and O–H groups in total. The lowest BCUT2D eigenvalue weighted by atomic mass is 9.85. The number of hydrogen-bond donors (Lipinski definition) is 0. The van der Waals surface area contributed by atoms with Gasteiger partial charge < -0.3 is 4.57 Å². The monoisotopic (exact) mass is 621 g/mol. The standard InChI is InChI=1S/C48H31N/c1-4-15-33(16-5-1)46-39-22-12-13-23-40(39)47(34-17-6-2-7-18-34)43-30-35(24-27-41(43)46)36-25-28-42-45(31-36)49(37-19-8-3-9-20-37)44-29-26-32-14-10-11-21-38(32)48(42)44/h1-31H. The van der Waals surface area contributed by atoms with Gasteiger partial charge in [-0.15, -0.1) is 0 Å². The van der Waals surface area contributed by atoms with Gasteiger partial charge in [-0.3, -0.25) is 0 Å². The molecule has 0 saturated heterocycles. The molecule has 0 fully saturated rings. The Balaban J connectivity index is 1.29. The Morgan fingerprint density at radius 1 is 0.286 bits per heavy atom. The Hall–Kier alpha value is -6.44. The molecule has 0 radical (unpaired) electrons. The smallest absolute Gasteiger partial charge is 0.0547 e. The number of fused-ring (bicyclic) bond motifs is 7. The Morgan fingerprint density at radius 2 is 0.796 bits per heavy atom. The van der Waals surface area contributed by atoms with E-state index >= 15 is 0 Å². The van der Waals surface area contributed by atoms with Crippen LogP contribution in [0.5, 0.6) is 0 Å². The van der Waals surface area contributed by atoms with Gasteiger partial charge in [-0.05, 0) is 96.0 Å². The van der Waals surface area contributed by atoms with Crippen LogP contribution in [-0.2, 0) is 0 Å². The highest BCUT2D eigenvalue weighted by atomic mass is 15.0. The van der Waals surface area contributed by atoms with Gasteiger partial charge in [0.2, 0.25) is 0 Å². The molecule has 0 aliphatic rings. The van der Waals surface area contributed by atoms with E-state index in [2.05, 4.69) is 193 Å². The number of para-hydroxylation sites is 1. The van der Waals surface area contributed by atoms with E-state index in [0.29, 0.717) is 0 Å². The topological polar surface area (TPSA) is 4.93 Å². The SMILES string of the molecule is c1ccc(-c2c3ccccc3c(-c3ccccc3)c3cc(-c4ccc5c6c7ccccc7ccc6n(-c6ccccc6)c5c4)ccc23)cc1. The lowest BCUT2D eigenvalue weighted by Crippen LogP contribution is -1.94. The molecule has 10 aromatic rings. The molecule has 0 aliphatic heterocycles. The average molecular weight is 622 g/mol. The molecule has 0 unspecified atom stereocenters. The van der Waals surface area contributed by atoms with Crippen LogP contribution in [0.1, 0.15) is 0 Å². The van der Waals surface area contributed by atoms with Crippen LogP contribution in [-0.4, -0.2) is 4.57 Å². The fourth-order valence-corrected chi connectivity index (χ4v) is 8.01. The summed E-state index contributed by atoms with van der Waals surface area (Å²) in [4.78, 5) is 0. The summed E-state index contributed by atoms with van der Waals surface area (Å²) in [5, 5.41) is 10.2. The molecule has 0 spiro atoms. The first-order valence-electron chi connectivity index (χ1n) is 16.9. The van der Waals surface area contributed by atoms with Gasteiger partial charge in [-0.2, -0.15) is 0 Å². The predicted octanol–water partition coefficient (Wildman–Crippen LogP) is 13.2. The summed E-state index contributed by atoms with van der Waals surface area (Å²) in [5.74, 6) is 0. The zero-order valence-corrected chi connectivity index (χ0v) is 26.8. The Labute approximate surface area is 284 Å². The van der Waals surface area contributed by atoms with E-state index in [4.69, 9.17) is 0 Å². The van der Waals surface area contributed by atoms with Gasteiger partial charge in [0.1, 0.15) is 0 Å². The van der Waals surface area contributed by atoms with Gasteiger partial charge in [0.15, 0.2) is 0 Å². The molecule has 10 rings (SSSR count). The number of rotatable bonds is 4. The van der Waals surface area contributed by atoms with Crippen molar-refractivity contribution in [2.75, 3.05) is 0 Å². The van der Waals surface area contributed by atoms with Crippen LogP contribution in [0.4, 0.5) is 0 Å². The van der Waals surface area contributed by atoms with Gasteiger partial charge in [0.05, 0.1) is 11.0 Å². The third-order valence-electron chi connectivity index (χ3n) is 10.2. The minimum atomic E-state index is 1.17. The number of aromatic nitrogens is 1. The van der Waals surface area contributed by atoms with Crippen molar-refractivity contribution in [1.29, 1.82) is 0 Å². The lowest BCUT2D eigenvalue weighted by Gasteiger charge is -2.18. The average Bonchev–Trinajstić information content (AvgIpc) is 3.52. The van der Waals surface area contributed by atoms with Crippen LogP contribution in [0.2, 0.25) is 0 Å². The Bertz CT molecular complexity index is 2850. The van der Waals surface area contributed by atoms with Crippen molar-refractivity contribution in [2.45, 2.75) is 0 Å². The fourth-order valence-electron chi connectivity index (χ4n) is 8.01. The highest BCUT2D eigenvalue weighted by molar-refractivity contribution is 6.23. The van der Waals surface area contributed by atoms with Gasteiger partial charge in [0.25, 0.3) is 0 Å². The van der Waals surface area contributed by atoms with E-state index in [1.54, 1.807) is 0 Å². The van der Waals surface area contributed by atoms with Crippen LogP contribution in [0.25, 0.3) is 93.2 Å². The highest BCUT2D eigenvalue weighted by Gasteiger charge is 2.19. The normalized spacial score (nSPS) is 11.7. The van der Waals surface area contributed by atoms with Crippen molar-refractivity contribution < 1.29 is 0 Å². The van der Waals surface area contributed by atoms with Crippen LogP contribution >= 0.6 is 0 Å². The van der Waals surface area contributed by atoms with Crippen molar-refractivity contribution in [1.82, 2.24) is 4.57 Å². The molecule has 49 heavy (non-hydrogen) atoms. The van der Waals surface area contributed by atoms with Crippen LogP contribution in [0.3, 0.4) is 0 Å². The largest absolute Gasteiger partial charge is 0.309 e. The summed E-state index contributed by atoms with van der Waals surface area (Å²) in [6.07, 6.45) is 0. The van der Waals surface area contributed by atoms with Gasteiger partial charge >= 0.3 is 0 Å². The second kappa shape index (κ2) is 11.1. The van der Waals surface area contributed by atoms with Gasteiger partial charge in [-0.1, -0.05) is 158 Å². The zero-order chi connectivity index (χ0) is 32.3. The molecular weight excluding hydrogens is 591 g/mol. The lowest BCUT2D eigenvalue weighted by molar-refractivity contribution is 1.18. The van der Waals surface area contributed by atoms with Crippen LogP contribution in [0.15, 0.2) is 188 Å². The second-order valence-electron chi connectivity index (χ2n) is 12.9. The summed E-state index contributed by atoms with van der Waals surface area (Å²) < 4.78 is 2.43. The van der Waals surface area contributed by atoms with Crippen molar-refractivity contribution in [3.63, 3.8) is 0 Å². The van der Waals surface area contributed by atoms with E-state index < -0.39 is 0 Å². The summed E-state index contributed by atoms with van der Waals surface area (Å²) in [7, 11) is 0. The van der Waals surface area contributed by atoms with E-state index in [1.807, 2.05) is 0 Å². The minimum absolute atomic E-state index is 1.17. The van der Waals surface area contributed by atoms with Crippen LogP contribution < -0.4 is 0 Å². The molecule has 228 valence electrons. The third kappa shape index (κ3) is 4.33. The molecule has 0 saturated carbocycles. The Morgan fingerprint density at radius 3 is 1.47 bits per heavy atom. The fraction of sp³-hybridized carbons (Fsp3) is 0. The maximum atomic E-state index is 2.43. The summed E-state index contributed by atoms with van der Waals surface area (Å²) in [6, 6.07) is 68.7. The maximum absolute atomic E-state index is 2.43. The molecular formula is C48H31N. The summed E-state index contributed by atoms with van der Waals surface area (Å²) in [6.45, 7) is 0. The van der Waals surface area contributed by atoms with Gasteiger partial charge in [0, 0.05) is 16.5 Å². The number of hydrogen-bond acceptors (Lipinski definition) is 0. The van der Waals surface area contributed by atoms with Crippen molar-refractivity contribution >= 4 is 54.1 Å². The predicted molar refractivity (Wildman–Crippen MR) is 210 cm³/mol. The first-order valence-corrected chi connectivity index (χ1v) is 16.9. The Kier molecular flexibility index (Phi) is 6.25. The quantitative estimate of drug-likeness (QED) is 0.172. The third-order valence-corrected chi connectivity index (χ3v) is 10.2. The molecule has 0 aliphatic carbocycles. The van der Waals surface area contributed by atoms with E-state index in [9.17, 15) is 0 Å². The molecule has 1 nitrogen and oxygen atoms in total. The number of nitrogens with zero attached hydrogens (tertiary/aromatic N) is 1. The summed E-state index contributed by atoms with van der Waals surface area (Å²) >= 11 is 0. The van der Waals surface area contributed by atoms with Crippen molar-refractivity contribution in [3.05, 3.63) is 188 Å². The summed E-state index contributed by atoms with van der Waals surface area (Å²) in [5.41, 5.74) is 11.0. The van der Waals surface area contributed by atoms with Crippen molar-refractivity contribution in [3.8, 4) is 39.1 Å². The number of benzene rings is 9.